The molecule has 19 heavy (non-hydrogen) atoms. The maximum Gasteiger partial charge on any atom is 0.304 e. The molecule has 2 aromatic heterocycles. The SMILES string of the molecule is CN(C)C(=O)c1ccc(NCc2csc(=O)[nH]2)nc1. The maximum absolute atomic E-state index is 11.7. The third-order valence-corrected chi connectivity index (χ3v) is 3.17. The van der Waals surface area contributed by atoms with E-state index in [1.54, 1.807) is 31.6 Å². The first-order chi connectivity index (χ1) is 9.06. The van der Waals surface area contributed by atoms with Crippen LogP contribution in [-0.4, -0.2) is 34.9 Å². The van der Waals surface area contributed by atoms with E-state index < -0.39 is 0 Å². The summed E-state index contributed by atoms with van der Waals surface area (Å²) in [6.45, 7) is 0.493. The number of carbonyl (C=O) groups is 1. The van der Waals surface area contributed by atoms with Crippen LogP contribution < -0.4 is 10.2 Å². The number of aromatic amines is 1. The fraction of sp³-hybridized carbons (Fsp3) is 0.250. The molecule has 2 rings (SSSR count). The maximum atomic E-state index is 11.7. The van der Waals surface area contributed by atoms with Gasteiger partial charge in [0.05, 0.1) is 12.1 Å². The third-order valence-electron chi connectivity index (χ3n) is 2.45. The van der Waals surface area contributed by atoms with E-state index in [1.165, 1.54) is 11.1 Å². The van der Waals surface area contributed by atoms with Crippen molar-refractivity contribution in [2.45, 2.75) is 6.54 Å². The Morgan fingerprint density at radius 1 is 1.47 bits per heavy atom. The standard InChI is InChI=1S/C12H14N4O2S/c1-16(2)11(17)8-3-4-10(13-5-8)14-6-9-7-19-12(18)15-9/h3-5,7H,6H2,1-2H3,(H,13,14)(H,15,18). The van der Waals surface area contributed by atoms with Crippen LogP contribution in [-0.2, 0) is 6.54 Å². The van der Waals surface area contributed by atoms with E-state index in [0.29, 0.717) is 17.9 Å². The average Bonchev–Trinajstić information content (AvgIpc) is 2.82. The fourth-order valence-electron chi connectivity index (χ4n) is 1.47. The Bertz CT molecular complexity index is 615. The second-order valence-electron chi connectivity index (χ2n) is 4.16. The Balaban J connectivity index is 1.99. The molecule has 2 aromatic rings. The minimum Gasteiger partial charge on any atom is -0.364 e. The van der Waals surface area contributed by atoms with Gasteiger partial charge in [-0.25, -0.2) is 4.98 Å². The summed E-state index contributed by atoms with van der Waals surface area (Å²) in [6.07, 6.45) is 1.53. The molecular formula is C12H14N4O2S. The van der Waals surface area contributed by atoms with Crippen LogP contribution >= 0.6 is 11.3 Å². The molecule has 0 radical (unpaired) electrons. The van der Waals surface area contributed by atoms with Gasteiger partial charge >= 0.3 is 4.87 Å². The van der Waals surface area contributed by atoms with Crippen molar-refractivity contribution in [1.29, 1.82) is 0 Å². The van der Waals surface area contributed by atoms with Crippen molar-refractivity contribution < 1.29 is 4.79 Å². The smallest absolute Gasteiger partial charge is 0.304 e. The number of amides is 1. The van der Waals surface area contributed by atoms with Crippen LogP contribution in [0.25, 0.3) is 0 Å². The summed E-state index contributed by atoms with van der Waals surface area (Å²) in [5, 5.41) is 4.83. The number of rotatable bonds is 4. The number of hydrogen-bond acceptors (Lipinski definition) is 5. The van der Waals surface area contributed by atoms with Crippen molar-refractivity contribution >= 4 is 23.1 Å². The molecule has 0 bridgehead atoms. The molecule has 0 atom stereocenters. The van der Waals surface area contributed by atoms with Gasteiger partial charge < -0.3 is 15.2 Å². The number of thiazole rings is 1. The largest absolute Gasteiger partial charge is 0.364 e. The topological polar surface area (TPSA) is 78.1 Å². The van der Waals surface area contributed by atoms with Crippen molar-refractivity contribution in [2.75, 3.05) is 19.4 Å². The van der Waals surface area contributed by atoms with E-state index in [4.69, 9.17) is 0 Å². The van der Waals surface area contributed by atoms with Gasteiger partial charge in [0.15, 0.2) is 0 Å². The molecule has 2 N–H and O–H groups in total. The molecule has 0 aliphatic rings. The summed E-state index contributed by atoms with van der Waals surface area (Å²) >= 11 is 1.13. The van der Waals surface area contributed by atoms with E-state index in [2.05, 4.69) is 15.3 Å². The van der Waals surface area contributed by atoms with Gasteiger partial charge in [-0.15, -0.1) is 0 Å². The number of pyridine rings is 1. The third kappa shape index (κ3) is 3.41. The second-order valence-corrected chi connectivity index (χ2v) is 5.00. The Morgan fingerprint density at radius 2 is 2.26 bits per heavy atom. The summed E-state index contributed by atoms with van der Waals surface area (Å²) in [6, 6.07) is 3.45. The first kappa shape index (κ1) is 13.3. The summed E-state index contributed by atoms with van der Waals surface area (Å²) < 4.78 is 0. The monoisotopic (exact) mass is 278 g/mol. The van der Waals surface area contributed by atoms with E-state index >= 15 is 0 Å². The lowest BCUT2D eigenvalue weighted by atomic mass is 10.2. The van der Waals surface area contributed by atoms with Gasteiger partial charge in [-0.1, -0.05) is 11.3 Å². The fourth-order valence-corrected chi connectivity index (χ4v) is 2.05. The highest BCUT2D eigenvalue weighted by molar-refractivity contribution is 7.07. The van der Waals surface area contributed by atoms with Crippen molar-refractivity contribution in [1.82, 2.24) is 14.9 Å². The van der Waals surface area contributed by atoms with Crippen LogP contribution in [0.1, 0.15) is 16.1 Å². The number of anilines is 1. The van der Waals surface area contributed by atoms with Crippen molar-refractivity contribution in [3.05, 3.63) is 44.6 Å². The minimum atomic E-state index is -0.0822. The predicted octanol–water partition coefficient (Wildman–Crippen LogP) is 1.15. The summed E-state index contributed by atoms with van der Waals surface area (Å²) in [5.41, 5.74) is 1.35. The lowest BCUT2D eigenvalue weighted by Crippen LogP contribution is -2.21. The lowest BCUT2D eigenvalue weighted by Gasteiger charge is -2.10. The summed E-state index contributed by atoms with van der Waals surface area (Å²) in [7, 11) is 3.39. The first-order valence-electron chi connectivity index (χ1n) is 5.64. The molecule has 2 heterocycles. The second kappa shape index (κ2) is 5.66. The first-order valence-corrected chi connectivity index (χ1v) is 6.52. The minimum absolute atomic E-state index is 0.0725. The molecule has 6 nitrogen and oxygen atoms in total. The Morgan fingerprint density at radius 3 is 2.79 bits per heavy atom. The average molecular weight is 278 g/mol. The number of nitrogens with zero attached hydrogens (tertiary/aromatic N) is 2. The van der Waals surface area contributed by atoms with Crippen LogP contribution in [0, 0.1) is 0 Å². The Labute approximate surface area is 114 Å². The van der Waals surface area contributed by atoms with Crippen molar-refractivity contribution in [3.63, 3.8) is 0 Å². The number of hydrogen-bond donors (Lipinski definition) is 2. The van der Waals surface area contributed by atoms with Crippen molar-refractivity contribution in [3.8, 4) is 0 Å². The highest BCUT2D eigenvalue weighted by Gasteiger charge is 2.07. The molecule has 0 aliphatic carbocycles. The van der Waals surface area contributed by atoms with Gasteiger partial charge in [0.25, 0.3) is 5.91 Å². The number of aromatic nitrogens is 2. The van der Waals surface area contributed by atoms with Crippen LogP contribution in [0.15, 0.2) is 28.5 Å². The van der Waals surface area contributed by atoms with Crippen LogP contribution in [0.4, 0.5) is 5.82 Å². The van der Waals surface area contributed by atoms with Crippen molar-refractivity contribution in [2.24, 2.45) is 0 Å². The normalized spacial score (nSPS) is 10.2. The number of H-pyrrole nitrogens is 1. The zero-order chi connectivity index (χ0) is 13.8. The molecule has 0 saturated carbocycles. The molecule has 0 unspecified atom stereocenters. The molecule has 0 fully saturated rings. The molecule has 0 aromatic carbocycles. The van der Waals surface area contributed by atoms with Gasteiger partial charge in [0.2, 0.25) is 0 Å². The molecule has 100 valence electrons. The van der Waals surface area contributed by atoms with Gasteiger partial charge in [-0.05, 0) is 12.1 Å². The van der Waals surface area contributed by atoms with E-state index in [9.17, 15) is 9.59 Å². The van der Waals surface area contributed by atoms with Gasteiger partial charge in [0.1, 0.15) is 5.82 Å². The lowest BCUT2D eigenvalue weighted by molar-refractivity contribution is 0.0827. The Hall–Kier alpha value is -2.15. The number of carbonyl (C=O) groups excluding carboxylic acids is 1. The van der Waals surface area contributed by atoms with Crippen LogP contribution in [0.5, 0.6) is 0 Å². The molecule has 0 spiro atoms. The zero-order valence-electron chi connectivity index (χ0n) is 10.6. The van der Waals surface area contributed by atoms with Gasteiger partial charge in [-0.2, -0.15) is 0 Å². The van der Waals surface area contributed by atoms with E-state index in [1.807, 2.05) is 0 Å². The molecular weight excluding hydrogens is 264 g/mol. The Kier molecular flexibility index (Phi) is 3.96. The molecule has 1 amide bonds. The summed E-state index contributed by atoms with van der Waals surface area (Å²) in [5.74, 6) is 0.573. The van der Waals surface area contributed by atoms with Crippen LogP contribution in [0.2, 0.25) is 0 Å². The van der Waals surface area contributed by atoms with Crippen LogP contribution in [0.3, 0.4) is 0 Å². The van der Waals surface area contributed by atoms with E-state index in [-0.39, 0.29) is 10.8 Å². The molecule has 7 heteroatoms. The van der Waals surface area contributed by atoms with Gasteiger partial charge in [-0.3, -0.25) is 9.59 Å². The van der Waals surface area contributed by atoms with Gasteiger partial charge in [0, 0.05) is 31.4 Å². The highest BCUT2D eigenvalue weighted by atomic mass is 32.1. The molecule has 0 saturated heterocycles. The number of nitrogens with one attached hydrogen (secondary N) is 2. The summed E-state index contributed by atoms with van der Waals surface area (Å²) in [4.78, 5) is 30.9. The predicted molar refractivity (Wildman–Crippen MR) is 74.5 cm³/mol. The molecule has 0 aliphatic heterocycles. The van der Waals surface area contributed by atoms with E-state index in [0.717, 1.165) is 17.0 Å². The zero-order valence-corrected chi connectivity index (χ0v) is 11.5. The highest BCUT2D eigenvalue weighted by Crippen LogP contribution is 2.08. The quantitative estimate of drug-likeness (QED) is 0.879.